The molecule has 0 fully saturated rings. The first-order valence-corrected chi connectivity index (χ1v) is 7.80. The number of aromatic amines is 1. The molecule has 0 spiro atoms. The number of amides is 1. The molecule has 0 saturated carbocycles. The Balaban J connectivity index is 1.85. The minimum atomic E-state index is -0.749. The molecule has 0 bridgehead atoms. The molecule has 0 aliphatic heterocycles. The van der Waals surface area contributed by atoms with Gasteiger partial charge in [0.1, 0.15) is 5.75 Å². The van der Waals surface area contributed by atoms with Crippen molar-refractivity contribution in [1.82, 2.24) is 4.98 Å². The van der Waals surface area contributed by atoms with Gasteiger partial charge in [0.15, 0.2) is 11.5 Å². The predicted octanol–water partition coefficient (Wildman–Crippen LogP) is 3.02. The van der Waals surface area contributed by atoms with Gasteiger partial charge in [-0.15, -0.1) is 0 Å². The number of carbonyl (C=O) groups excluding carboxylic acids is 2. The summed E-state index contributed by atoms with van der Waals surface area (Å²) < 4.78 is 15.5. The molecule has 2 N–H and O–H groups in total. The molecular formula is C19H18N2O5. The molecule has 26 heavy (non-hydrogen) atoms. The van der Waals surface area contributed by atoms with E-state index in [0.29, 0.717) is 28.3 Å². The van der Waals surface area contributed by atoms with Crippen LogP contribution in [0.4, 0.5) is 5.69 Å². The van der Waals surface area contributed by atoms with Crippen LogP contribution in [0.1, 0.15) is 10.4 Å². The maximum Gasteiger partial charge on any atom is 0.296 e. The van der Waals surface area contributed by atoms with Gasteiger partial charge in [-0.05, 0) is 30.3 Å². The van der Waals surface area contributed by atoms with E-state index in [2.05, 4.69) is 10.3 Å². The maximum atomic E-state index is 12.6. The monoisotopic (exact) mass is 354 g/mol. The van der Waals surface area contributed by atoms with E-state index in [4.69, 9.17) is 14.2 Å². The number of fused-ring (bicyclic) bond motifs is 1. The zero-order valence-electron chi connectivity index (χ0n) is 14.6. The average molecular weight is 354 g/mol. The van der Waals surface area contributed by atoms with Gasteiger partial charge in [-0.3, -0.25) is 9.59 Å². The Bertz CT molecular complexity index is 977. The fraction of sp³-hybridized carbons (Fsp3) is 0.158. The highest BCUT2D eigenvalue weighted by Gasteiger charge is 2.21. The molecule has 0 unspecified atom stereocenters. The SMILES string of the molecule is COc1ccc2[nH]cc(C(=O)C(=O)Nc3ccc(OC)c(OC)c3)c2c1. The Labute approximate surface area is 149 Å². The highest BCUT2D eigenvalue weighted by molar-refractivity contribution is 6.48. The minimum Gasteiger partial charge on any atom is -0.497 e. The summed E-state index contributed by atoms with van der Waals surface area (Å²) in [5.74, 6) is 0.182. The number of benzene rings is 2. The van der Waals surface area contributed by atoms with E-state index >= 15 is 0 Å². The number of aromatic nitrogens is 1. The van der Waals surface area contributed by atoms with Crippen LogP contribution in [-0.2, 0) is 4.79 Å². The summed E-state index contributed by atoms with van der Waals surface area (Å²) in [5.41, 5.74) is 1.45. The van der Waals surface area contributed by atoms with Gasteiger partial charge in [-0.1, -0.05) is 0 Å². The molecule has 0 atom stereocenters. The number of Topliss-reactive ketones (excluding diaryl/α,β-unsaturated/α-hetero) is 1. The molecule has 0 radical (unpaired) electrons. The van der Waals surface area contributed by atoms with Gasteiger partial charge in [0.2, 0.25) is 0 Å². The zero-order valence-corrected chi connectivity index (χ0v) is 14.6. The van der Waals surface area contributed by atoms with Crippen LogP contribution in [-0.4, -0.2) is 38.0 Å². The van der Waals surface area contributed by atoms with Crippen molar-refractivity contribution in [2.75, 3.05) is 26.6 Å². The van der Waals surface area contributed by atoms with Crippen LogP contribution in [0.3, 0.4) is 0 Å². The number of anilines is 1. The van der Waals surface area contributed by atoms with E-state index in [0.717, 1.165) is 5.52 Å². The van der Waals surface area contributed by atoms with Crippen LogP contribution in [0, 0.1) is 0 Å². The van der Waals surface area contributed by atoms with Gasteiger partial charge in [-0.25, -0.2) is 0 Å². The predicted molar refractivity (Wildman–Crippen MR) is 97.4 cm³/mol. The van der Waals surface area contributed by atoms with E-state index in [-0.39, 0.29) is 5.56 Å². The third-order valence-corrected chi connectivity index (χ3v) is 3.98. The number of hydrogen-bond acceptors (Lipinski definition) is 5. The maximum absolute atomic E-state index is 12.6. The Morgan fingerprint density at radius 1 is 0.923 bits per heavy atom. The number of nitrogens with one attached hydrogen (secondary N) is 2. The van der Waals surface area contributed by atoms with Gasteiger partial charge in [0, 0.05) is 28.9 Å². The van der Waals surface area contributed by atoms with E-state index < -0.39 is 11.7 Å². The lowest BCUT2D eigenvalue weighted by molar-refractivity contribution is -0.112. The zero-order chi connectivity index (χ0) is 18.7. The Morgan fingerprint density at radius 3 is 2.38 bits per heavy atom. The summed E-state index contributed by atoms with van der Waals surface area (Å²) in [7, 11) is 4.55. The second-order valence-corrected chi connectivity index (χ2v) is 5.47. The molecule has 1 amide bonds. The summed E-state index contributed by atoms with van der Waals surface area (Å²) in [6.45, 7) is 0. The van der Waals surface area contributed by atoms with Gasteiger partial charge in [0.05, 0.1) is 26.9 Å². The van der Waals surface area contributed by atoms with Crippen molar-refractivity contribution < 1.29 is 23.8 Å². The van der Waals surface area contributed by atoms with Crippen LogP contribution in [0.25, 0.3) is 10.9 Å². The summed E-state index contributed by atoms with van der Waals surface area (Å²) in [6.07, 6.45) is 1.51. The van der Waals surface area contributed by atoms with E-state index in [1.807, 2.05) is 0 Å². The molecular weight excluding hydrogens is 336 g/mol. The number of H-pyrrole nitrogens is 1. The van der Waals surface area contributed by atoms with Crippen molar-refractivity contribution >= 4 is 28.3 Å². The van der Waals surface area contributed by atoms with Crippen molar-refractivity contribution in [1.29, 1.82) is 0 Å². The van der Waals surface area contributed by atoms with Crippen molar-refractivity contribution in [3.05, 3.63) is 48.2 Å². The second-order valence-electron chi connectivity index (χ2n) is 5.47. The number of carbonyl (C=O) groups is 2. The van der Waals surface area contributed by atoms with Crippen molar-refractivity contribution in [3.8, 4) is 17.2 Å². The third kappa shape index (κ3) is 3.19. The third-order valence-electron chi connectivity index (χ3n) is 3.98. The highest BCUT2D eigenvalue weighted by Crippen LogP contribution is 2.30. The van der Waals surface area contributed by atoms with E-state index in [1.54, 1.807) is 43.5 Å². The fourth-order valence-corrected chi connectivity index (χ4v) is 2.64. The second kappa shape index (κ2) is 7.18. The molecule has 0 aliphatic rings. The molecule has 3 aromatic rings. The summed E-state index contributed by atoms with van der Waals surface area (Å²) >= 11 is 0. The standard InChI is InChI=1S/C19H18N2O5/c1-24-12-5-6-15-13(9-12)14(10-20-15)18(22)19(23)21-11-4-7-16(25-2)17(8-11)26-3/h4-10,20H,1-3H3,(H,21,23). The van der Waals surface area contributed by atoms with Crippen molar-refractivity contribution in [2.45, 2.75) is 0 Å². The van der Waals surface area contributed by atoms with Gasteiger partial charge in [-0.2, -0.15) is 0 Å². The van der Waals surface area contributed by atoms with Crippen LogP contribution >= 0.6 is 0 Å². The Kier molecular flexibility index (Phi) is 4.79. The fourth-order valence-electron chi connectivity index (χ4n) is 2.64. The molecule has 1 heterocycles. The molecule has 0 aliphatic carbocycles. The van der Waals surface area contributed by atoms with Crippen LogP contribution in [0.5, 0.6) is 17.2 Å². The number of hydrogen-bond donors (Lipinski definition) is 2. The first-order chi connectivity index (χ1) is 12.6. The summed E-state index contributed by atoms with van der Waals surface area (Å²) in [6, 6.07) is 10.1. The normalized spacial score (nSPS) is 10.4. The first kappa shape index (κ1) is 17.3. The summed E-state index contributed by atoms with van der Waals surface area (Å²) in [5, 5.41) is 3.20. The number of ketones is 1. The molecule has 3 rings (SSSR count). The van der Waals surface area contributed by atoms with E-state index in [1.165, 1.54) is 20.4 Å². The number of methoxy groups -OCH3 is 3. The van der Waals surface area contributed by atoms with Crippen LogP contribution in [0.2, 0.25) is 0 Å². The molecule has 7 nitrogen and oxygen atoms in total. The van der Waals surface area contributed by atoms with Crippen molar-refractivity contribution in [2.24, 2.45) is 0 Å². The van der Waals surface area contributed by atoms with Gasteiger partial charge in [0.25, 0.3) is 11.7 Å². The molecule has 2 aromatic carbocycles. The lowest BCUT2D eigenvalue weighted by Gasteiger charge is -2.10. The lowest BCUT2D eigenvalue weighted by atomic mass is 10.1. The highest BCUT2D eigenvalue weighted by atomic mass is 16.5. The lowest BCUT2D eigenvalue weighted by Crippen LogP contribution is -2.22. The number of ether oxygens (including phenoxy) is 3. The molecule has 0 saturated heterocycles. The Hall–Kier alpha value is -3.48. The number of rotatable bonds is 6. The van der Waals surface area contributed by atoms with Crippen LogP contribution in [0.15, 0.2) is 42.6 Å². The van der Waals surface area contributed by atoms with Crippen LogP contribution < -0.4 is 19.5 Å². The quantitative estimate of drug-likeness (QED) is 0.525. The Morgan fingerprint density at radius 2 is 1.69 bits per heavy atom. The smallest absolute Gasteiger partial charge is 0.296 e. The summed E-state index contributed by atoms with van der Waals surface area (Å²) in [4.78, 5) is 27.9. The first-order valence-electron chi connectivity index (χ1n) is 7.80. The average Bonchev–Trinajstić information content (AvgIpc) is 3.10. The van der Waals surface area contributed by atoms with Crippen molar-refractivity contribution in [3.63, 3.8) is 0 Å². The molecule has 134 valence electrons. The van der Waals surface area contributed by atoms with Gasteiger partial charge >= 0.3 is 0 Å². The molecule has 1 aromatic heterocycles. The minimum absolute atomic E-state index is 0.275. The largest absolute Gasteiger partial charge is 0.497 e. The topological polar surface area (TPSA) is 89.7 Å². The molecule has 7 heteroatoms. The van der Waals surface area contributed by atoms with E-state index in [9.17, 15) is 9.59 Å². The van der Waals surface area contributed by atoms with Gasteiger partial charge < -0.3 is 24.5 Å².